The minimum atomic E-state index is -0.181. The summed E-state index contributed by atoms with van der Waals surface area (Å²) in [5, 5.41) is 0. The van der Waals surface area contributed by atoms with Crippen molar-refractivity contribution in [2.75, 3.05) is 0 Å². The number of nitrogens with two attached hydrogens (primary N) is 1. The molecular formula is C24H25NO. The average Bonchev–Trinajstić information content (AvgIpc) is 2.61. The fraction of sp³-hybridized carbons (Fsp3) is 0.458. The monoisotopic (exact) mass is 343 g/mol. The first-order valence-corrected chi connectivity index (χ1v) is 10.1. The van der Waals surface area contributed by atoms with E-state index in [2.05, 4.69) is 60.7 Å². The third-order valence-corrected chi connectivity index (χ3v) is 8.93. The van der Waals surface area contributed by atoms with Gasteiger partial charge in [0.25, 0.3) is 0 Å². The van der Waals surface area contributed by atoms with Crippen LogP contribution >= 0.6 is 0 Å². The van der Waals surface area contributed by atoms with Crippen molar-refractivity contribution in [2.45, 2.75) is 37.5 Å². The molecule has 6 unspecified atom stereocenters. The zero-order chi connectivity index (χ0) is 17.6. The molecule has 4 saturated carbocycles. The first-order chi connectivity index (χ1) is 12.7. The number of amides is 1. The second kappa shape index (κ2) is 4.60. The van der Waals surface area contributed by atoms with Gasteiger partial charge in [-0.05, 0) is 61.0 Å². The molecule has 2 aromatic carbocycles. The Morgan fingerprint density at radius 1 is 0.962 bits per heavy atom. The molecule has 6 rings (SSSR count). The largest absolute Gasteiger partial charge is 0.369 e. The van der Waals surface area contributed by atoms with Gasteiger partial charge in [-0.15, -0.1) is 0 Å². The van der Waals surface area contributed by atoms with Crippen LogP contribution in [0.1, 0.15) is 36.8 Å². The average molecular weight is 343 g/mol. The molecule has 4 fully saturated rings. The molecule has 0 aliphatic heterocycles. The van der Waals surface area contributed by atoms with Gasteiger partial charge >= 0.3 is 0 Å². The van der Waals surface area contributed by atoms with Crippen molar-refractivity contribution < 1.29 is 4.79 Å². The summed E-state index contributed by atoms with van der Waals surface area (Å²) in [6.07, 6.45) is 5.74. The van der Waals surface area contributed by atoms with E-state index in [-0.39, 0.29) is 22.2 Å². The van der Waals surface area contributed by atoms with Crippen LogP contribution in [0.4, 0.5) is 0 Å². The van der Waals surface area contributed by atoms with Crippen LogP contribution in [0, 0.1) is 28.6 Å². The van der Waals surface area contributed by atoms with E-state index >= 15 is 0 Å². The van der Waals surface area contributed by atoms with Gasteiger partial charge in [0.05, 0.1) is 5.41 Å². The maximum absolute atomic E-state index is 12.4. The van der Waals surface area contributed by atoms with Crippen molar-refractivity contribution in [1.82, 2.24) is 0 Å². The fourth-order valence-corrected chi connectivity index (χ4v) is 8.27. The van der Waals surface area contributed by atoms with Gasteiger partial charge in [-0.2, -0.15) is 0 Å². The van der Waals surface area contributed by atoms with Crippen molar-refractivity contribution >= 4 is 5.91 Å². The van der Waals surface area contributed by atoms with Crippen LogP contribution in [0.15, 0.2) is 60.7 Å². The first-order valence-electron chi connectivity index (χ1n) is 10.1. The molecule has 2 heteroatoms. The molecular weight excluding hydrogens is 318 g/mol. The van der Waals surface area contributed by atoms with Crippen LogP contribution in [-0.2, 0) is 16.6 Å². The first kappa shape index (κ1) is 15.0. The molecule has 0 saturated heterocycles. The zero-order valence-corrected chi connectivity index (χ0v) is 15.0. The van der Waals surface area contributed by atoms with Crippen molar-refractivity contribution in [3.8, 4) is 0 Å². The highest BCUT2D eigenvalue weighted by molar-refractivity contribution is 5.88. The van der Waals surface area contributed by atoms with E-state index < -0.39 is 0 Å². The van der Waals surface area contributed by atoms with Crippen LogP contribution in [0.25, 0.3) is 0 Å². The highest BCUT2D eigenvalue weighted by atomic mass is 16.1. The molecule has 2 aromatic rings. The molecule has 1 spiro atoms. The standard InChI is InChI=1S/C24H25NO/c25-21(26)23-14-20-18(12-11-16-7-3-1-4-8-16)19-13-22(15-23,24(19,20)23)17-9-5-2-6-10-17/h1-10,18-20H,11-15H2,(H2,25,26). The molecule has 2 N–H and O–H groups in total. The normalized spacial score (nSPS) is 43.6. The number of benzene rings is 2. The lowest BCUT2D eigenvalue weighted by Gasteiger charge is -2.97. The van der Waals surface area contributed by atoms with Gasteiger partial charge in [-0.25, -0.2) is 0 Å². The summed E-state index contributed by atoms with van der Waals surface area (Å²) < 4.78 is 0. The summed E-state index contributed by atoms with van der Waals surface area (Å²) in [5.74, 6) is 2.20. The molecule has 1 amide bonds. The van der Waals surface area contributed by atoms with E-state index in [9.17, 15) is 4.79 Å². The van der Waals surface area contributed by atoms with Crippen LogP contribution < -0.4 is 5.73 Å². The maximum atomic E-state index is 12.4. The molecule has 26 heavy (non-hydrogen) atoms. The van der Waals surface area contributed by atoms with E-state index in [0.717, 1.165) is 25.2 Å². The van der Waals surface area contributed by atoms with Crippen molar-refractivity contribution in [2.24, 2.45) is 34.3 Å². The molecule has 4 aliphatic rings. The second-order valence-corrected chi connectivity index (χ2v) is 9.25. The molecule has 132 valence electrons. The number of hydrogen-bond donors (Lipinski definition) is 1. The topological polar surface area (TPSA) is 43.1 Å². The van der Waals surface area contributed by atoms with Gasteiger partial charge in [-0.3, -0.25) is 4.79 Å². The summed E-state index contributed by atoms with van der Waals surface area (Å²) >= 11 is 0. The summed E-state index contributed by atoms with van der Waals surface area (Å²) in [7, 11) is 0. The summed E-state index contributed by atoms with van der Waals surface area (Å²) in [6.45, 7) is 0. The van der Waals surface area contributed by atoms with Gasteiger partial charge in [0.1, 0.15) is 0 Å². The van der Waals surface area contributed by atoms with Gasteiger partial charge < -0.3 is 5.73 Å². The Balaban J connectivity index is 1.29. The van der Waals surface area contributed by atoms with Crippen molar-refractivity contribution in [3.63, 3.8) is 0 Å². The van der Waals surface area contributed by atoms with Gasteiger partial charge in [0, 0.05) is 10.8 Å². The summed E-state index contributed by atoms with van der Waals surface area (Å²) in [5.41, 5.74) is 9.13. The van der Waals surface area contributed by atoms with Gasteiger partial charge in [-0.1, -0.05) is 60.7 Å². The third kappa shape index (κ3) is 1.33. The number of rotatable bonds is 5. The lowest BCUT2D eigenvalue weighted by molar-refractivity contribution is -0.457. The smallest absolute Gasteiger partial charge is 0.224 e. The predicted octanol–water partition coefficient (Wildman–Crippen LogP) is 4.09. The van der Waals surface area contributed by atoms with E-state index in [1.54, 1.807) is 0 Å². The SMILES string of the molecule is NC(=O)C12CC3C(CCc4ccccc4)C4CC(c5ccccc5)(C1)C342. The Labute approximate surface area is 154 Å². The molecule has 0 aromatic heterocycles. The minimum Gasteiger partial charge on any atom is -0.369 e. The highest BCUT2D eigenvalue weighted by Gasteiger charge is 2.97. The maximum Gasteiger partial charge on any atom is 0.224 e. The van der Waals surface area contributed by atoms with E-state index in [1.165, 1.54) is 24.0 Å². The second-order valence-electron chi connectivity index (χ2n) is 9.25. The van der Waals surface area contributed by atoms with Gasteiger partial charge in [0.15, 0.2) is 0 Å². The number of hydrogen-bond acceptors (Lipinski definition) is 1. The molecule has 0 radical (unpaired) electrons. The van der Waals surface area contributed by atoms with Crippen LogP contribution in [0.2, 0.25) is 0 Å². The van der Waals surface area contributed by atoms with Crippen LogP contribution in [0.5, 0.6) is 0 Å². The highest BCUT2D eigenvalue weighted by Crippen LogP contribution is 2.98. The van der Waals surface area contributed by atoms with Crippen LogP contribution in [-0.4, -0.2) is 5.91 Å². The molecule has 2 nitrogen and oxygen atoms in total. The van der Waals surface area contributed by atoms with Crippen molar-refractivity contribution in [1.29, 1.82) is 0 Å². The van der Waals surface area contributed by atoms with E-state index in [4.69, 9.17) is 5.73 Å². The summed E-state index contributed by atoms with van der Waals surface area (Å²) in [4.78, 5) is 12.4. The Morgan fingerprint density at radius 3 is 2.27 bits per heavy atom. The van der Waals surface area contributed by atoms with E-state index in [0.29, 0.717) is 11.8 Å². The van der Waals surface area contributed by atoms with Crippen LogP contribution in [0.3, 0.4) is 0 Å². The minimum absolute atomic E-state index is 0.0217. The fourth-order valence-electron chi connectivity index (χ4n) is 8.27. The van der Waals surface area contributed by atoms with Gasteiger partial charge in [0.2, 0.25) is 5.91 Å². The number of carbonyl (C=O) groups is 1. The number of aryl methyl sites for hydroxylation is 1. The van der Waals surface area contributed by atoms with E-state index in [1.807, 2.05) is 0 Å². The molecule has 6 atom stereocenters. The summed E-state index contributed by atoms with van der Waals surface area (Å²) in [6, 6.07) is 21.8. The molecule has 4 aliphatic carbocycles. The lowest BCUT2D eigenvalue weighted by atomic mass is 9.05. The lowest BCUT2D eigenvalue weighted by Crippen LogP contribution is -2.96. The Bertz CT molecular complexity index is 885. The number of primary amides is 1. The molecule has 0 heterocycles. The quantitative estimate of drug-likeness (QED) is 0.873. The molecule has 0 bridgehead atoms. The Kier molecular flexibility index (Phi) is 2.66. The predicted molar refractivity (Wildman–Crippen MR) is 101 cm³/mol. The zero-order valence-electron chi connectivity index (χ0n) is 15.0. The Morgan fingerprint density at radius 2 is 1.62 bits per heavy atom. The number of carbonyl (C=O) groups excluding carboxylic acids is 1. The Hall–Kier alpha value is -2.09. The third-order valence-electron chi connectivity index (χ3n) is 8.93. The van der Waals surface area contributed by atoms with Crippen molar-refractivity contribution in [3.05, 3.63) is 71.8 Å².